The summed E-state index contributed by atoms with van der Waals surface area (Å²) in [5, 5.41) is 6.83. The van der Waals surface area contributed by atoms with Crippen molar-refractivity contribution in [3.05, 3.63) is 28.2 Å². The van der Waals surface area contributed by atoms with Crippen molar-refractivity contribution in [2.24, 2.45) is 7.05 Å². The molecule has 0 bridgehead atoms. The van der Waals surface area contributed by atoms with E-state index in [-0.39, 0.29) is 23.2 Å². The molecule has 5 heteroatoms. The summed E-state index contributed by atoms with van der Waals surface area (Å²) in [7, 11) is 1.54. The van der Waals surface area contributed by atoms with Crippen LogP contribution in [0, 0.1) is 0 Å². The van der Waals surface area contributed by atoms with E-state index in [0.29, 0.717) is 0 Å². The number of hydrogen-bond acceptors (Lipinski definition) is 3. The van der Waals surface area contributed by atoms with Crippen molar-refractivity contribution in [3.8, 4) is 0 Å². The third-order valence-corrected chi connectivity index (χ3v) is 3.06. The lowest BCUT2D eigenvalue weighted by atomic mass is 10.1. The fourth-order valence-electron chi connectivity index (χ4n) is 1.87. The lowest BCUT2D eigenvalue weighted by molar-refractivity contribution is 0.0930. The normalized spacial score (nSPS) is 12.2. The fraction of sp³-hybridized carbons (Fsp3) is 0.643. The van der Waals surface area contributed by atoms with Crippen LogP contribution in [0.4, 0.5) is 0 Å². The van der Waals surface area contributed by atoms with E-state index in [0.717, 1.165) is 12.8 Å². The molecule has 0 saturated carbocycles. The molecule has 0 aliphatic carbocycles. The average Bonchev–Trinajstić information content (AvgIpc) is 2.38. The van der Waals surface area contributed by atoms with E-state index >= 15 is 0 Å². The number of hydrogen-bond donors (Lipinski definition) is 1. The first-order valence-corrected chi connectivity index (χ1v) is 6.89. The van der Waals surface area contributed by atoms with Gasteiger partial charge in [0.05, 0.1) is 0 Å². The van der Waals surface area contributed by atoms with Crippen LogP contribution in [-0.4, -0.2) is 21.7 Å². The van der Waals surface area contributed by atoms with Crippen LogP contribution in [0.15, 0.2) is 16.9 Å². The first-order valence-electron chi connectivity index (χ1n) is 6.89. The van der Waals surface area contributed by atoms with Crippen LogP contribution < -0.4 is 10.9 Å². The van der Waals surface area contributed by atoms with Gasteiger partial charge in [0.1, 0.15) is 5.69 Å². The van der Waals surface area contributed by atoms with Gasteiger partial charge < -0.3 is 5.32 Å². The number of amides is 1. The van der Waals surface area contributed by atoms with Crippen molar-refractivity contribution in [1.29, 1.82) is 0 Å². The van der Waals surface area contributed by atoms with E-state index < -0.39 is 0 Å². The van der Waals surface area contributed by atoms with Gasteiger partial charge in [-0.15, -0.1) is 0 Å². The molecule has 0 fully saturated rings. The fourth-order valence-corrected chi connectivity index (χ4v) is 1.87. The summed E-state index contributed by atoms with van der Waals surface area (Å²) in [4.78, 5) is 23.1. The van der Waals surface area contributed by atoms with Crippen molar-refractivity contribution in [3.63, 3.8) is 0 Å². The van der Waals surface area contributed by atoms with Crippen LogP contribution in [-0.2, 0) is 7.05 Å². The molecule has 1 amide bonds. The highest BCUT2D eigenvalue weighted by Crippen LogP contribution is 2.05. The standard InChI is InChI=1S/C14H23N3O2/c1-4-5-6-7-8-11(2)15-14(19)12-9-10-13(18)17(3)16-12/h9-11H,4-8H2,1-3H3,(H,15,19). The number of carbonyl (C=O) groups excluding carboxylic acids is 1. The van der Waals surface area contributed by atoms with Gasteiger partial charge in [0.2, 0.25) is 0 Å². The van der Waals surface area contributed by atoms with Gasteiger partial charge in [0, 0.05) is 19.2 Å². The monoisotopic (exact) mass is 265 g/mol. The van der Waals surface area contributed by atoms with Crippen molar-refractivity contribution in [2.45, 2.75) is 52.0 Å². The van der Waals surface area contributed by atoms with Crippen LogP contribution in [0.2, 0.25) is 0 Å². The van der Waals surface area contributed by atoms with E-state index in [9.17, 15) is 9.59 Å². The van der Waals surface area contributed by atoms with Gasteiger partial charge in [-0.3, -0.25) is 9.59 Å². The lowest BCUT2D eigenvalue weighted by Crippen LogP contribution is -2.34. The van der Waals surface area contributed by atoms with Crippen LogP contribution in [0.1, 0.15) is 56.4 Å². The van der Waals surface area contributed by atoms with Crippen molar-refractivity contribution in [2.75, 3.05) is 0 Å². The SMILES string of the molecule is CCCCCCC(C)NC(=O)c1ccc(=O)n(C)n1. The van der Waals surface area contributed by atoms with E-state index in [1.807, 2.05) is 6.92 Å². The number of rotatable bonds is 7. The van der Waals surface area contributed by atoms with Crippen molar-refractivity contribution >= 4 is 5.91 Å². The summed E-state index contributed by atoms with van der Waals surface area (Å²) >= 11 is 0. The van der Waals surface area contributed by atoms with Crippen molar-refractivity contribution in [1.82, 2.24) is 15.1 Å². The Morgan fingerprint density at radius 1 is 1.37 bits per heavy atom. The highest BCUT2D eigenvalue weighted by molar-refractivity contribution is 5.92. The van der Waals surface area contributed by atoms with Gasteiger partial charge >= 0.3 is 0 Å². The molecule has 1 N–H and O–H groups in total. The number of nitrogens with zero attached hydrogens (tertiary/aromatic N) is 2. The number of unbranched alkanes of at least 4 members (excludes halogenated alkanes) is 3. The molecule has 0 aromatic carbocycles. The zero-order valence-electron chi connectivity index (χ0n) is 12.0. The van der Waals surface area contributed by atoms with Gasteiger partial charge in [-0.05, 0) is 19.4 Å². The molecular formula is C14H23N3O2. The molecule has 0 spiro atoms. The molecule has 1 aromatic heterocycles. The zero-order valence-corrected chi connectivity index (χ0v) is 12.0. The Labute approximate surface area is 114 Å². The molecule has 1 heterocycles. The minimum Gasteiger partial charge on any atom is -0.348 e. The van der Waals surface area contributed by atoms with E-state index in [4.69, 9.17) is 0 Å². The molecule has 1 atom stereocenters. The topological polar surface area (TPSA) is 64.0 Å². The Kier molecular flexibility index (Phi) is 6.25. The minimum atomic E-state index is -0.224. The summed E-state index contributed by atoms with van der Waals surface area (Å²) < 4.78 is 1.17. The summed E-state index contributed by atoms with van der Waals surface area (Å²) in [6, 6.07) is 2.94. The van der Waals surface area contributed by atoms with Crippen molar-refractivity contribution < 1.29 is 4.79 Å². The zero-order chi connectivity index (χ0) is 14.3. The maximum absolute atomic E-state index is 11.9. The Morgan fingerprint density at radius 3 is 2.74 bits per heavy atom. The Balaban J connectivity index is 2.45. The number of nitrogens with one attached hydrogen (secondary N) is 1. The van der Waals surface area contributed by atoms with E-state index in [1.165, 1.54) is 43.1 Å². The Hall–Kier alpha value is -1.65. The molecule has 5 nitrogen and oxygen atoms in total. The third-order valence-electron chi connectivity index (χ3n) is 3.06. The summed E-state index contributed by atoms with van der Waals surface area (Å²) in [6.07, 6.45) is 5.74. The predicted molar refractivity (Wildman–Crippen MR) is 75.2 cm³/mol. The van der Waals surface area contributed by atoms with Crippen LogP contribution in [0.5, 0.6) is 0 Å². The molecule has 19 heavy (non-hydrogen) atoms. The van der Waals surface area contributed by atoms with Gasteiger partial charge in [0.15, 0.2) is 0 Å². The third kappa shape index (κ3) is 5.24. The van der Waals surface area contributed by atoms with E-state index in [1.54, 1.807) is 0 Å². The molecular weight excluding hydrogens is 242 g/mol. The second-order valence-corrected chi connectivity index (χ2v) is 4.90. The second kappa shape index (κ2) is 7.71. The number of aryl methyl sites for hydroxylation is 1. The average molecular weight is 265 g/mol. The van der Waals surface area contributed by atoms with Crippen LogP contribution in [0.25, 0.3) is 0 Å². The molecule has 0 aliphatic rings. The molecule has 1 unspecified atom stereocenters. The van der Waals surface area contributed by atoms with Crippen LogP contribution in [0.3, 0.4) is 0 Å². The lowest BCUT2D eigenvalue weighted by Gasteiger charge is -2.13. The molecule has 106 valence electrons. The molecule has 0 radical (unpaired) electrons. The van der Waals surface area contributed by atoms with Gasteiger partial charge in [0.25, 0.3) is 11.5 Å². The first kappa shape index (κ1) is 15.4. The van der Waals surface area contributed by atoms with Gasteiger partial charge in [-0.2, -0.15) is 5.10 Å². The second-order valence-electron chi connectivity index (χ2n) is 4.90. The first-order chi connectivity index (χ1) is 9.04. The highest BCUT2D eigenvalue weighted by Gasteiger charge is 2.11. The summed E-state index contributed by atoms with van der Waals surface area (Å²) in [5.74, 6) is -0.224. The number of aromatic nitrogens is 2. The minimum absolute atomic E-state index is 0.128. The van der Waals surface area contributed by atoms with Crippen LogP contribution >= 0.6 is 0 Å². The van der Waals surface area contributed by atoms with E-state index in [2.05, 4.69) is 17.3 Å². The smallest absolute Gasteiger partial charge is 0.271 e. The summed E-state index contributed by atoms with van der Waals surface area (Å²) in [6.45, 7) is 4.17. The molecule has 0 aliphatic heterocycles. The molecule has 0 saturated heterocycles. The highest BCUT2D eigenvalue weighted by atomic mass is 16.2. The maximum Gasteiger partial charge on any atom is 0.271 e. The summed E-state index contributed by atoms with van der Waals surface area (Å²) in [5.41, 5.74) is 0.0617. The maximum atomic E-state index is 11.9. The Bertz CT molecular complexity index is 468. The Morgan fingerprint density at radius 2 is 2.11 bits per heavy atom. The quantitative estimate of drug-likeness (QED) is 0.765. The predicted octanol–water partition coefficient (Wildman–Crippen LogP) is 1.87. The van der Waals surface area contributed by atoms with Gasteiger partial charge in [-0.1, -0.05) is 32.6 Å². The van der Waals surface area contributed by atoms with Gasteiger partial charge in [-0.25, -0.2) is 4.68 Å². The number of carbonyl (C=O) groups is 1. The molecule has 1 rings (SSSR count). The molecule has 1 aromatic rings. The largest absolute Gasteiger partial charge is 0.348 e.